The number of nitrogens with two attached hydrogens (primary N) is 2. The SMILES string of the molecule is Cc1cc(OCC/C=N\N=C(N)N)cc(OS(=O)(=O)c2cccc(F)c2)c1. The fraction of sp³-hybridized carbons (Fsp3) is 0.176. The number of hydrogen-bond donors (Lipinski definition) is 2. The van der Waals surface area contributed by atoms with Gasteiger partial charge in [-0.15, -0.1) is 5.10 Å². The van der Waals surface area contributed by atoms with Crippen LogP contribution in [0.25, 0.3) is 0 Å². The molecule has 8 nitrogen and oxygen atoms in total. The van der Waals surface area contributed by atoms with Gasteiger partial charge in [-0.2, -0.15) is 13.5 Å². The molecule has 144 valence electrons. The summed E-state index contributed by atoms with van der Waals surface area (Å²) in [6.07, 6.45) is 1.91. The molecule has 0 fully saturated rings. The van der Waals surface area contributed by atoms with Gasteiger partial charge >= 0.3 is 10.1 Å². The van der Waals surface area contributed by atoms with Gasteiger partial charge in [0, 0.05) is 18.7 Å². The van der Waals surface area contributed by atoms with Crippen LogP contribution in [0.1, 0.15) is 12.0 Å². The molecule has 0 saturated heterocycles. The van der Waals surface area contributed by atoms with Gasteiger partial charge in [-0.3, -0.25) is 0 Å². The largest absolute Gasteiger partial charge is 0.493 e. The summed E-state index contributed by atoms with van der Waals surface area (Å²) in [6.45, 7) is 2.03. The topological polar surface area (TPSA) is 129 Å². The standard InChI is InChI=1S/C17H19FN4O4S/c1-12-8-14(25-7-3-6-21-22-17(19)20)11-15(9-12)26-27(23,24)16-5-2-4-13(18)10-16/h2,4-6,8-11H,3,7H2,1H3,(H4,19,20,22)/b21-6-. The van der Waals surface area contributed by atoms with Crippen molar-refractivity contribution >= 4 is 22.3 Å². The van der Waals surface area contributed by atoms with Crippen molar-refractivity contribution in [3.63, 3.8) is 0 Å². The van der Waals surface area contributed by atoms with E-state index in [0.717, 1.165) is 17.7 Å². The van der Waals surface area contributed by atoms with Crippen molar-refractivity contribution in [2.24, 2.45) is 21.7 Å². The maximum atomic E-state index is 13.3. The Bertz CT molecular complexity index is 957. The van der Waals surface area contributed by atoms with E-state index in [1.54, 1.807) is 13.0 Å². The average Bonchev–Trinajstić information content (AvgIpc) is 2.57. The zero-order valence-electron chi connectivity index (χ0n) is 14.5. The van der Waals surface area contributed by atoms with Gasteiger partial charge in [0.2, 0.25) is 5.96 Å². The van der Waals surface area contributed by atoms with E-state index in [1.165, 1.54) is 30.5 Å². The quantitative estimate of drug-likeness (QED) is 0.231. The number of hydrogen-bond acceptors (Lipinski definition) is 6. The lowest BCUT2D eigenvalue weighted by molar-refractivity contribution is 0.329. The second kappa shape index (κ2) is 8.99. The Labute approximate surface area is 156 Å². The Morgan fingerprint density at radius 1 is 1.19 bits per heavy atom. The summed E-state index contributed by atoms with van der Waals surface area (Å²) in [4.78, 5) is -0.276. The molecule has 0 aliphatic heterocycles. The van der Waals surface area contributed by atoms with Crippen molar-refractivity contribution in [2.45, 2.75) is 18.2 Å². The highest BCUT2D eigenvalue weighted by atomic mass is 32.2. The van der Waals surface area contributed by atoms with E-state index in [9.17, 15) is 12.8 Å². The first-order valence-electron chi connectivity index (χ1n) is 7.81. The van der Waals surface area contributed by atoms with E-state index in [4.69, 9.17) is 20.4 Å². The van der Waals surface area contributed by atoms with Crippen molar-refractivity contribution in [2.75, 3.05) is 6.61 Å². The molecule has 2 aromatic carbocycles. The molecule has 0 aromatic heterocycles. The predicted octanol–water partition coefficient (Wildman–Crippen LogP) is 1.93. The summed E-state index contributed by atoms with van der Waals surface area (Å²) in [7, 11) is -4.17. The third-order valence-corrected chi connectivity index (χ3v) is 4.33. The number of aryl methyl sites for hydroxylation is 1. The fourth-order valence-corrected chi connectivity index (χ4v) is 2.99. The number of rotatable bonds is 8. The van der Waals surface area contributed by atoms with Gasteiger partial charge < -0.3 is 20.4 Å². The van der Waals surface area contributed by atoms with E-state index in [2.05, 4.69) is 10.2 Å². The third kappa shape index (κ3) is 6.59. The zero-order chi connectivity index (χ0) is 19.9. The lowest BCUT2D eigenvalue weighted by Crippen LogP contribution is -2.21. The van der Waals surface area contributed by atoms with Crippen LogP contribution >= 0.6 is 0 Å². The monoisotopic (exact) mass is 394 g/mol. The summed E-state index contributed by atoms with van der Waals surface area (Å²) >= 11 is 0. The van der Waals surface area contributed by atoms with Crippen LogP contribution in [0.2, 0.25) is 0 Å². The van der Waals surface area contributed by atoms with Crippen molar-refractivity contribution < 1.29 is 21.7 Å². The normalized spacial score (nSPS) is 11.3. The van der Waals surface area contributed by atoms with Crippen LogP contribution in [0.4, 0.5) is 4.39 Å². The molecule has 0 aliphatic rings. The molecule has 2 rings (SSSR count). The molecule has 0 unspecified atom stereocenters. The van der Waals surface area contributed by atoms with Gasteiger partial charge in [0.15, 0.2) is 0 Å². The third-order valence-electron chi connectivity index (χ3n) is 3.09. The van der Waals surface area contributed by atoms with Crippen LogP contribution in [-0.4, -0.2) is 27.2 Å². The summed E-state index contributed by atoms with van der Waals surface area (Å²) in [5, 5.41) is 7.07. The summed E-state index contributed by atoms with van der Waals surface area (Å²) in [5.74, 6) is -0.347. The van der Waals surface area contributed by atoms with Gasteiger partial charge in [-0.25, -0.2) is 4.39 Å². The minimum absolute atomic E-state index is 0.0587. The Morgan fingerprint density at radius 2 is 1.93 bits per heavy atom. The molecule has 2 aromatic rings. The highest BCUT2D eigenvalue weighted by Gasteiger charge is 2.18. The van der Waals surface area contributed by atoms with Gasteiger partial charge in [-0.05, 0) is 42.8 Å². The second-order valence-electron chi connectivity index (χ2n) is 5.44. The molecular weight excluding hydrogens is 375 g/mol. The molecule has 0 radical (unpaired) electrons. The first kappa shape index (κ1) is 20.2. The smallest absolute Gasteiger partial charge is 0.339 e. The van der Waals surface area contributed by atoms with Crippen LogP contribution in [0, 0.1) is 12.7 Å². The van der Waals surface area contributed by atoms with Gasteiger partial charge in [0.25, 0.3) is 0 Å². The molecule has 0 atom stereocenters. The van der Waals surface area contributed by atoms with Crippen LogP contribution in [0.15, 0.2) is 57.6 Å². The zero-order valence-corrected chi connectivity index (χ0v) is 15.3. The fourth-order valence-electron chi connectivity index (χ4n) is 2.04. The van der Waals surface area contributed by atoms with Crippen LogP contribution in [0.5, 0.6) is 11.5 Å². The number of benzene rings is 2. The maximum Gasteiger partial charge on any atom is 0.339 e. The minimum Gasteiger partial charge on any atom is -0.493 e. The van der Waals surface area contributed by atoms with Crippen molar-refractivity contribution in [1.82, 2.24) is 0 Å². The molecular formula is C17H19FN4O4S. The van der Waals surface area contributed by atoms with E-state index in [0.29, 0.717) is 12.2 Å². The molecule has 0 amide bonds. The lowest BCUT2D eigenvalue weighted by Gasteiger charge is -2.11. The van der Waals surface area contributed by atoms with Crippen LogP contribution < -0.4 is 20.4 Å². The maximum absolute atomic E-state index is 13.3. The van der Waals surface area contributed by atoms with Crippen LogP contribution in [-0.2, 0) is 10.1 Å². The Kier molecular flexibility index (Phi) is 6.72. The number of halogens is 1. The van der Waals surface area contributed by atoms with Gasteiger partial charge in [0.05, 0.1) is 6.61 Å². The molecule has 0 spiro atoms. The lowest BCUT2D eigenvalue weighted by atomic mass is 10.2. The second-order valence-corrected chi connectivity index (χ2v) is 6.98. The van der Waals surface area contributed by atoms with Crippen molar-refractivity contribution in [3.8, 4) is 11.5 Å². The summed E-state index contributed by atoms with van der Waals surface area (Å²) in [5.41, 5.74) is 11.0. The van der Waals surface area contributed by atoms with Crippen molar-refractivity contribution in [1.29, 1.82) is 0 Å². The van der Waals surface area contributed by atoms with Gasteiger partial charge in [0.1, 0.15) is 22.2 Å². The Balaban J connectivity index is 2.06. The van der Waals surface area contributed by atoms with E-state index >= 15 is 0 Å². The molecule has 0 saturated carbocycles. The van der Waals surface area contributed by atoms with E-state index in [1.807, 2.05) is 0 Å². The molecule has 0 bridgehead atoms. The molecule has 10 heteroatoms. The summed E-state index contributed by atoms with van der Waals surface area (Å²) < 4.78 is 48.5. The van der Waals surface area contributed by atoms with Gasteiger partial charge in [-0.1, -0.05) is 6.07 Å². The minimum atomic E-state index is -4.17. The van der Waals surface area contributed by atoms with Crippen molar-refractivity contribution in [3.05, 3.63) is 53.8 Å². The molecule has 0 heterocycles. The van der Waals surface area contributed by atoms with Crippen LogP contribution in [0.3, 0.4) is 0 Å². The summed E-state index contributed by atoms with van der Waals surface area (Å²) in [6, 6.07) is 9.25. The Hall–Kier alpha value is -3.14. The molecule has 4 N–H and O–H groups in total. The highest BCUT2D eigenvalue weighted by Crippen LogP contribution is 2.26. The molecule has 27 heavy (non-hydrogen) atoms. The number of ether oxygens (including phenoxy) is 1. The first-order valence-corrected chi connectivity index (χ1v) is 9.22. The average molecular weight is 394 g/mol. The predicted molar refractivity (Wildman–Crippen MR) is 99.8 cm³/mol. The Morgan fingerprint density at radius 3 is 2.63 bits per heavy atom. The number of guanidine groups is 1. The van der Waals surface area contributed by atoms with E-state index in [-0.39, 0.29) is 23.2 Å². The first-order chi connectivity index (χ1) is 12.8. The molecule has 0 aliphatic carbocycles. The number of nitrogens with zero attached hydrogens (tertiary/aromatic N) is 2. The highest BCUT2D eigenvalue weighted by molar-refractivity contribution is 7.87. The van der Waals surface area contributed by atoms with E-state index < -0.39 is 15.9 Å².